The van der Waals surface area contributed by atoms with Crippen LogP contribution >= 0.6 is 11.3 Å². The molecule has 2 aromatic carbocycles. The smallest absolute Gasteiger partial charge is 0.303 e. The molecular weight excluding hydrogens is 455 g/mol. The van der Waals surface area contributed by atoms with E-state index in [2.05, 4.69) is 10.6 Å². The second kappa shape index (κ2) is 10.8. The molecule has 1 aliphatic carbocycles. The minimum atomic E-state index is -0.727. The normalized spacial score (nSPS) is 17.9. The van der Waals surface area contributed by atoms with Gasteiger partial charge in [-0.3, -0.25) is 14.4 Å². The number of halogens is 1. The average molecular weight is 483 g/mol. The molecular formula is C26H27FN2O4S. The van der Waals surface area contributed by atoms with Gasteiger partial charge in [-0.1, -0.05) is 12.1 Å². The Morgan fingerprint density at radius 2 is 1.59 bits per heavy atom. The van der Waals surface area contributed by atoms with Crippen LogP contribution in [-0.4, -0.2) is 36.0 Å². The molecule has 178 valence electrons. The molecule has 2 amide bonds. The summed E-state index contributed by atoms with van der Waals surface area (Å²) in [7, 11) is 0. The van der Waals surface area contributed by atoms with Gasteiger partial charge in [0.05, 0.1) is 4.88 Å². The van der Waals surface area contributed by atoms with Crippen molar-refractivity contribution in [1.82, 2.24) is 10.6 Å². The molecule has 0 bridgehead atoms. The first-order chi connectivity index (χ1) is 16.4. The van der Waals surface area contributed by atoms with Crippen LogP contribution in [0.1, 0.15) is 63.6 Å². The second-order valence-electron chi connectivity index (χ2n) is 8.74. The van der Waals surface area contributed by atoms with E-state index >= 15 is 0 Å². The van der Waals surface area contributed by atoms with E-state index in [1.54, 1.807) is 12.1 Å². The fraction of sp³-hybridized carbons (Fsp3) is 0.346. The van der Waals surface area contributed by atoms with E-state index in [-0.39, 0.29) is 36.5 Å². The standard InChI is InChI=1S/C26H27FN2O4S/c27-21-9-10-22-20(14-21)15-23(34-22)26(33)29-12-11-28-25(32)19-7-5-18(6-8-19)17-3-1-16(2-4-17)13-24(30)31/h5-10,14-17H,1-4,11-13H2,(H,28,32)(H,29,33)(H,30,31)/t16-,17-. The molecule has 1 heterocycles. The first-order valence-electron chi connectivity index (χ1n) is 11.5. The lowest BCUT2D eigenvalue weighted by Gasteiger charge is -2.28. The Morgan fingerprint density at radius 3 is 2.26 bits per heavy atom. The van der Waals surface area contributed by atoms with Gasteiger partial charge < -0.3 is 15.7 Å². The van der Waals surface area contributed by atoms with Gasteiger partial charge in [-0.15, -0.1) is 11.3 Å². The summed E-state index contributed by atoms with van der Waals surface area (Å²) in [6, 6.07) is 13.7. The highest BCUT2D eigenvalue weighted by Gasteiger charge is 2.24. The Morgan fingerprint density at radius 1 is 0.912 bits per heavy atom. The molecule has 1 saturated carbocycles. The molecule has 0 radical (unpaired) electrons. The number of rotatable bonds is 8. The van der Waals surface area contributed by atoms with Crippen LogP contribution in [0.15, 0.2) is 48.5 Å². The Bertz CT molecular complexity index is 1180. The minimum Gasteiger partial charge on any atom is -0.481 e. The predicted octanol–water partition coefficient (Wildman–Crippen LogP) is 4.95. The number of carboxylic acid groups (broad SMARTS) is 1. The fourth-order valence-corrected chi connectivity index (χ4v) is 5.48. The maximum Gasteiger partial charge on any atom is 0.303 e. The first-order valence-corrected chi connectivity index (χ1v) is 12.3. The highest BCUT2D eigenvalue weighted by molar-refractivity contribution is 7.20. The van der Waals surface area contributed by atoms with Crippen molar-refractivity contribution in [3.05, 3.63) is 70.4 Å². The molecule has 3 aromatic rings. The van der Waals surface area contributed by atoms with Crippen molar-refractivity contribution in [2.45, 2.75) is 38.0 Å². The molecule has 0 saturated heterocycles. The van der Waals surface area contributed by atoms with Gasteiger partial charge in [0.1, 0.15) is 5.82 Å². The van der Waals surface area contributed by atoms with Gasteiger partial charge in [-0.05, 0) is 84.9 Å². The molecule has 34 heavy (non-hydrogen) atoms. The largest absolute Gasteiger partial charge is 0.481 e. The lowest BCUT2D eigenvalue weighted by molar-refractivity contribution is -0.138. The van der Waals surface area contributed by atoms with Crippen molar-refractivity contribution in [2.24, 2.45) is 5.92 Å². The molecule has 3 N–H and O–H groups in total. The second-order valence-corrected chi connectivity index (χ2v) is 9.83. The Balaban J connectivity index is 1.21. The molecule has 8 heteroatoms. The van der Waals surface area contributed by atoms with Crippen molar-refractivity contribution >= 4 is 39.2 Å². The third kappa shape index (κ3) is 5.99. The van der Waals surface area contributed by atoms with Crippen molar-refractivity contribution in [2.75, 3.05) is 13.1 Å². The number of nitrogens with one attached hydrogen (secondary N) is 2. The van der Waals surface area contributed by atoms with E-state index < -0.39 is 5.97 Å². The van der Waals surface area contributed by atoms with Gasteiger partial charge in [-0.2, -0.15) is 0 Å². The van der Waals surface area contributed by atoms with Crippen LogP contribution in [0.3, 0.4) is 0 Å². The molecule has 0 unspecified atom stereocenters. The lowest BCUT2D eigenvalue weighted by Crippen LogP contribution is -2.34. The number of amides is 2. The van der Waals surface area contributed by atoms with Gasteiger partial charge in [0.2, 0.25) is 0 Å². The molecule has 4 rings (SSSR count). The van der Waals surface area contributed by atoms with Gasteiger partial charge in [0, 0.05) is 29.8 Å². The van der Waals surface area contributed by atoms with Crippen molar-refractivity contribution < 1.29 is 23.9 Å². The summed E-state index contributed by atoms with van der Waals surface area (Å²) < 4.78 is 14.2. The quantitative estimate of drug-likeness (QED) is 0.396. The molecule has 1 fully saturated rings. The zero-order valence-electron chi connectivity index (χ0n) is 18.7. The summed E-state index contributed by atoms with van der Waals surface area (Å²) in [4.78, 5) is 36.2. The minimum absolute atomic E-state index is 0.205. The van der Waals surface area contributed by atoms with Gasteiger partial charge in [-0.25, -0.2) is 4.39 Å². The molecule has 1 aliphatic rings. The van der Waals surface area contributed by atoms with Crippen LogP contribution in [0.5, 0.6) is 0 Å². The summed E-state index contributed by atoms with van der Waals surface area (Å²) in [5, 5.41) is 15.2. The van der Waals surface area contributed by atoms with Crippen LogP contribution < -0.4 is 10.6 Å². The summed E-state index contributed by atoms with van der Waals surface area (Å²) in [5.74, 6) is -0.850. The van der Waals surface area contributed by atoms with Crippen LogP contribution in [0.2, 0.25) is 0 Å². The number of hydrogen-bond donors (Lipinski definition) is 3. The monoisotopic (exact) mass is 482 g/mol. The predicted molar refractivity (Wildman–Crippen MR) is 130 cm³/mol. The van der Waals surface area contributed by atoms with E-state index in [0.29, 0.717) is 28.3 Å². The summed E-state index contributed by atoms with van der Waals surface area (Å²) in [5.41, 5.74) is 1.74. The van der Waals surface area contributed by atoms with Crippen LogP contribution in [-0.2, 0) is 4.79 Å². The highest BCUT2D eigenvalue weighted by Crippen LogP contribution is 2.37. The number of carbonyl (C=O) groups excluding carboxylic acids is 2. The van der Waals surface area contributed by atoms with Crippen molar-refractivity contribution in [3.63, 3.8) is 0 Å². The summed E-state index contributed by atoms with van der Waals surface area (Å²) >= 11 is 1.30. The topological polar surface area (TPSA) is 95.5 Å². The molecule has 0 spiro atoms. The first kappa shape index (κ1) is 23.9. The number of fused-ring (bicyclic) bond motifs is 1. The lowest BCUT2D eigenvalue weighted by atomic mass is 9.77. The number of benzene rings is 2. The highest BCUT2D eigenvalue weighted by atomic mass is 32.1. The third-order valence-corrected chi connectivity index (χ3v) is 7.47. The van der Waals surface area contributed by atoms with E-state index in [9.17, 15) is 18.8 Å². The molecule has 1 aromatic heterocycles. The van der Waals surface area contributed by atoms with Gasteiger partial charge in [0.15, 0.2) is 0 Å². The zero-order valence-corrected chi connectivity index (χ0v) is 19.5. The van der Waals surface area contributed by atoms with Crippen LogP contribution in [0.25, 0.3) is 10.1 Å². The van der Waals surface area contributed by atoms with E-state index in [1.807, 2.05) is 24.3 Å². The Kier molecular flexibility index (Phi) is 7.57. The van der Waals surface area contributed by atoms with Gasteiger partial charge in [0.25, 0.3) is 11.8 Å². The molecule has 6 nitrogen and oxygen atoms in total. The number of aliphatic carboxylic acids is 1. The number of carbonyl (C=O) groups is 3. The summed E-state index contributed by atoms with van der Waals surface area (Å²) in [6.07, 6.45) is 4.03. The Labute approximate surface area is 201 Å². The van der Waals surface area contributed by atoms with E-state index in [1.165, 1.54) is 29.0 Å². The summed E-state index contributed by atoms with van der Waals surface area (Å²) in [6.45, 7) is 0.574. The van der Waals surface area contributed by atoms with Crippen molar-refractivity contribution in [1.29, 1.82) is 0 Å². The zero-order chi connectivity index (χ0) is 24.1. The van der Waals surface area contributed by atoms with Crippen molar-refractivity contribution in [3.8, 4) is 0 Å². The fourth-order valence-electron chi connectivity index (χ4n) is 4.52. The molecule has 0 aliphatic heterocycles. The average Bonchev–Trinajstić information content (AvgIpc) is 3.25. The van der Waals surface area contributed by atoms with E-state index in [0.717, 1.165) is 30.4 Å². The number of carboxylic acids is 1. The van der Waals surface area contributed by atoms with E-state index in [4.69, 9.17) is 5.11 Å². The number of thiophene rings is 1. The maximum atomic E-state index is 13.3. The van der Waals surface area contributed by atoms with Gasteiger partial charge >= 0.3 is 5.97 Å². The van der Waals surface area contributed by atoms with Crippen LogP contribution in [0.4, 0.5) is 4.39 Å². The Hall–Kier alpha value is -3.26. The number of hydrogen-bond acceptors (Lipinski definition) is 4. The van der Waals surface area contributed by atoms with Crippen LogP contribution in [0, 0.1) is 11.7 Å². The maximum absolute atomic E-state index is 13.3. The molecule has 0 atom stereocenters. The third-order valence-electron chi connectivity index (χ3n) is 6.35. The SMILES string of the molecule is O=C(O)C[C@H]1CC[C@H](c2ccc(C(=O)NCCNC(=O)c3cc4cc(F)ccc4s3)cc2)CC1.